The second kappa shape index (κ2) is 5.54. The third-order valence-electron chi connectivity index (χ3n) is 2.94. The third-order valence-corrected chi connectivity index (χ3v) is 2.94. The lowest BCUT2D eigenvalue weighted by Crippen LogP contribution is -2.03. The molecule has 108 valence electrons. The highest BCUT2D eigenvalue weighted by atomic mass is 16.5. The van der Waals surface area contributed by atoms with Gasteiger partial charge in [-0.1, -0.05) is 6.07 Å². The van der Waals surface area contributed by atoms with Crippen LogP contribution in [0.1, 0.15) is 20.7 Å². The number of carbonyl (C=O) groups is 2. The minimum Gasteiger partial charge on any atom is -0.504 e. The van der Waals surface area contributed by atoms with Gasteiger partial charge in [-0.25, -0.2) is 9.59 Å². The predicted molar refractivity (Wildman–Crippen MR) is 74.0 cm³/mol. The maximum Gasteiger partial charge on any atom is 0.335 e. The van der Waals surface area contributed by atoms with E-state index >= 15 is 0 Å². The summed E-state index contributed by atoms with van der Waals surface area (Å²) < 4.78 is 4.92. The van der Waals surface area contributed by atoms with E-state index in [2.05, 4.69) is 0 Å². The number of phenolic OH excluding ortho intramolecular Hbond substituents is 1. The molecular formula is C15H12O6. The Morgan fingerprint density at radius 2 is 1.48 bits per heavy atom. The molecule has 0 saturated heterocycles. The number of methoxy groups -OCH3 is 1. The fraction of sp³-hybridized carbons (Fsp3) is 0.0667. The molecule has 0 spiro atoms. The number of ether oxygens (including phenoxy) is 1. The number of benzene rings is 2. The van der Waals surface area contributed by atoms with Gasteiger partial charge >= 0.3 is 11.9 Å². The number of aromatic carboxylic acids is 2. The average molecular weight is 288 g/mol. The van der Waals surface area contributed by atoms with E-state index in [1.165, 1.54) is 31.4 Å². The van der Waals surface area contributed by atoms with Gasteiger partial charge in [0.2, 0.25) is 0 Å². The highest BCUT2D eigenvalue weighted by Gasteiger charge is 2.13. The molecule has 0 bridgehead atoms. The summed E-state index contributed by atoms with van der Waals surface area (Å²) in [5.74, 6) is -2.30. The number of carboxylic acid groups (broad SMARTS) is 2. The standard InChI is InChI=1S/C15H12O6/c1-21-13-3-2-8(7-12(13)16)9-4-10(14(17)18)6-11(5-9)15(19)20/h2-7,16H,1H3,(H,17,18)(H,19,20). The lowest BCUT2D eigenvalue weighted by molar-refractivity contribution is 0.0696. The molecule has 0 amide bonds. The molecule has 0 aromatic heterocycles. The van der Waals surface area contributed by atoms with Crippen LogP contribution in [0.5, 0.6) is 11.5 Å². The van der Waals surface area contributed by atoms with Crippen LogP contribution in [0.25, 0.3) is 11.1 Å². The van der Waals surface area contributed by atoms with Crippen LogP contribution in [-0.2, 0) is 0 Å². The Labute approximate surface area is 119 Å². The van der Waals surface area contributed by atoms with E-state index in [1.807, 2.05) is 0 Å². The van der Waals surface area contributed by atoms with E-state index in [0.29, 0.717) is 11.1 Å². The first-order valence-electron chi connectivity index (χ1n) is 5.91. The van der Waals surface area contributed by atoms with Crippen LogP contribution in [0.4, 0.5) is 0 Å². The summed E-state index contributed by atoms with van der Waals surface area (Å²) in [6.07, 6.45) is 0. The lowest BCUT2D eigenvalue weighted by atomic mass is 9.99. The van der Waals surface area contributed by atoms with Crippen LogP contribution in [0.3, 0.4) is 0 Å². The number of rotatable bonds is 4. The minimum atomic E-state index is -1.22. The van der Waals surface area contributed by atoms with Gasteiger partial charge in [-0.2, -0.15) is 0 Å². The number of phenols is 1. The zero-order chi connectivity index (χ0) is 15.6. The zero-order valence-electron chi connectivity index (χ0n) is 11.0. The molecule has 21 heavy (non-hydrogen) atoms. The van der Waals surface area contributed by atoms with E-state index in [9.17, 15) is 14.7 Å². The summed E-state index contributed by atoms with van der Waals surface area (Å²) in [7, 11) is 1.41. The summed E-state index contributed by atoms with van der Waals surface area (Å²) in [4.78, 5) is 22.1. The largest absolute Gasteiger partial charge is 0.504 e. The molecule has 0 saturated carbocycles. The maximum atomic E-state index is 11.1. The fourth-order valence-corrected chi connectivity index (χ4v) is 1.91. The van der Waals surface area contributed by atoms with Crippen LogP contribution in [0, 0.1) is 0 Å². The van der Waals surface area contributed by atoms with Crippen LogP contribution in [0.2, 0.25) is 0 Å². The fourth-order valence-electron chi connectivity index (χ4n) is 1.91. The number of hydrogen-bond donors (Lipinski definition) is 3. The van der Waals surface area contributed by atoms with Crippen molar-refractivity contribution in [2.24, 2.45) is 0 Å². The van der Waals surface area contributed by atoms with Gasteiger partial charge in [-0.05, 0) is 41.5 Å². The van der Waals surface area contributed by atoms with Crippen molar-refractivity contribution >= 4 is 11.9 Å². The van der Waals surface area contributed by atoms with Crippen LogP contribution < -0.4 is 4.74 Å². The highest BCUT2D eigenvalue weighted by molar-refractivity contribution is 5.96. The molecule has 6 nitrogen and oxygen atoms in total. The van der Waals surface area contributed by atoms with Crippen molar-refractivity contribution in [3.05, 3.63) is 47.5 Å². The van der Waals surface area contributed by atoms with Crippen molar-refractivity contribution in [1.82, 2.24) is 0 Å². The van der Waals surface area contributed by atoms with Gasteiger partial charge in [0.15, 0.2) is 11.5 Å². The Morgan fingerprint density at radius 1 is 0.905 bits per heavy atom. The zero-order valence-corrected chi connectivity index (χ0v) is 11.0. The first kappa shape index (κ1) is 14.4. The molecule has 0 atom stereocenters. The normalized spacial score (nSPS) is 10.1. The predicted octanol–water partition coefficient (Wildman–Crippen LogP) is 2.46. The Morgan fingerprint density at radius 3 is 1.90 bits per heavy atom. The van der Waals surface area contributed by atoms with Crippen molar-refractivity contribution in [2.45, 2.75) is 0 Å². The van der Waals surface area contributed by atoms with Crippen LogP contribution >= 0.6 is 0 Å². The molecule has 0 fully saturated rings. The van der Waals surface area contributed by atoms with E-state index in [-0.39, 0.29) is 22.6 Å². The van der Waals surface area contributed by atoms with Gasteiger partial charge in [0.05, 0.1) is 18.2 Å². The molecule has 0 heterocycles. The quantitative estimate of drug-likeness (QED) is 0.798. The second-order valence-corrected chi connectivity index (χ2v) is 4.30. The van der Waals surface area contributed by atoms with Crippen molar-refractivity contribution in [3.63, 3.8) is 0 Å². The van der Waals surface area contributed by atoms with E-state index in [1.54, 1.807) is 6.07 Å². The topological polar surface area (TPSA) is 104 Å². The lowest BCUT2D eigenvalue weighted by Gasteiger charge is -2.08. The van der Waals surface area contributed by atoms with Crippen molar-refractivity contribution < 1.29 is 29.6 Å². The van der Waals surface area contributed by atoms with E-state index in [0.717, 1.165) is 6.07 Å². The van der Waals surface area contributed by atoms with Gasteiger partial charge in [-0.3, -0.25) is 0 Å². The van der Waals surface area contributed by atoms with Crippen LogP contribution in [0.15, 0.2) is 36.4 Å². The average Bonchev–Trinajstić information content (AvgIpc) is 2.46. The molecule has 0 aliphatic carbocycles. The molecular weight excluding hydrogens is 276 g/mol. The summed E-state index contributed by atoms with van der Waals surface area (Å²) in [5.41, 5.74) is 0.588. The number of carboxylic acids is 2. The summed E-state index contributed by atoms with van der Waals surface area (Å²) >= 11 is 0. The van der Waals surface area contributed by atoms with Crippen molar-refractivity contribution in [2.75, 3.05) is 7.11 Å². The molecule has 0 aliphatic heterocycles. The Balaban J connectivity index is 2.59. The second-order valence-electron chi connectivity index (χ2n) is 4.30. The summed E-state index contributed by atoms with van der Waals surface area (Å²) in [6.45, 7) is 0. The van der Waals surface area contributed by atoms with E-state index < -0.39 is 11.9 Å². The first-order valence-corrected chi connectivity index (χ1v) is 5.91. The minimum absolute atomic E-state index is 0.118. The maximum absolute atomic E-state index is 11.1. The molecule has 6 heteroatoms. The SMILES string of the molecule is COc1ccc(-c2cc(C(=O)O)cc(C(=O)O)c2)cc1O. The smallest absolute Gasteiger partial charge is 0.335 e. The molecule has 2 aromatic rings. The van der Waals surface area contributed by atoms with Crippen LogP contribution in [-0.4, -0.2) is 34.4 Å². The van der Waals surface area contributed by atoms with Gasteiger partial charge < -0.3 is 20.1 Å². The van der Waals surface area contributed by atoms with Gasteiger partial charge in [0, 0.05) is 0 Å². The summed E-state index contributed by atoms with van der Waals surface area (Å²) in [5, 5.41) is 27.8. The van der Waals surface area contributed by atoms with Gasteiger partial charge in [0.1, 0.15) is 0 Å². The summed E-state index contributed by atoms with van der Waals surface area (Å²) in [6, 6.07) is 8.26. The molecule has 0 radical (unpaired) electrons. The molecule has 3 N–H and O–H groups in total. The Bertz CT molecular complexity index is 688. The Kier molecular flexibility index (Phi) is 3.80. The van der Waals surface area contributed by atoms with Gasteiger partial charge in [-0.15, -0.1) is 0 Å². The molecule has 2 rings (SSSR count). The highest BCUT2D eigenvalue weighted by Crippen LogP contribution is 2.32. The van der Waals surface area contributed by atoms with Gasteiger partial charge in [0.25, 0.3) is 0 Å². The van der Waals surface area contributed by atoms with Crippen molar-refractivity contribution in [3.8, 4) is 22.6 Å². The van der Waals surface area contributed by atoms with E-state index in [4.69, 9.17) is 14.9 Å². The van der Waals surface area contributed by atoms with Crippen molar-refractivity contribution in [1.29, 1.82) is 0 Å². The molecule has 2 aromatic carbocycles. The third kappa shape index (κ3) is 2.94. The first-order chi connectivity index (χ1) is 9.92. The molecule has 0 aliphatic rings. The Hall–Kier alpha value is -3.02. The molecule has 0 unspecified atom stereocenters. The number of hydrogen-bond acceptors (Lipinski definition) is 4. The monoisotopic (exact) mass is 288 g/mol. The number of aromatic hydroxyl groups is 1.